The Hall–Kier alpha value is -4.19. The van der Waals surface area contributed by atoms with Crippen molar-refractivity contribution in [3.8, 4) is 0 Å². The van der Waals surface area contributed by atoms with Gasteiger partial charge in [0, 0.05) is 19.3 Å². The minimum Gasteiger partial charge on any atom is -0.462 e. The third-order valence-corrected chi connectivity index (χ3v) is 11.4. The van der Waals surface area contributed by atoms with Crippen LogP contribution in [0.15, 0.2) is 122 Å². The van der Waals surface area contributed by atoms with Crippen molar-refractivity contribution in [1.29, 1.82) is 0 Å². The van der Waals surface area contributed by atoms with Gasteiger partial charge in [0.2, 0.25) is 0 Å². The summed E-state index contributed by atoms with van der Waals surface area (Å²) in [4.78, 5) is 38.1. The Balaban J connectivity index is 4.57. The van der Waals surface area contributed by atoms with Crippen LogP contribution in [0.5, 0.6) is 0 Å². The molecule has 0 fully saturated rings. The van der Waals surface area contributed by atoms with E-state index in [0.717, 1.165) is 96.3 Å². The van der Waals surface area contributed by atoms with Crippen LogP contribution in [0.3, 0.4) is 0 Å². The zero-order valence-corrected chi connectivity index (χ0v) is 44.5. The highest BCUT2D eigenvalue weighted by atomic mass is 16.6. The first-order valence-corrected chi connectivity index (χ1v) is 28.0. The first-order valence-electron chi connectivity index (χ1n) is 28.0. The third kappa shape index (κ3) is 54.6. The van der Waals surface area contributed by atoms with E-state index in [-0.39, 0.29) is 37.5 Å². The Bertz CT molecular complexity index is 1470. The lowest BCUT2D eigenvalue weighted by Crippen LogP contribution is -2.30. The molecule has 6 nitrogen and oxygen atoms in total. The van der Waals surface area contributed by atoms with E-state index in [2.05, 4.69) is 142 Å². The summed E-state index contributed by atoms with van der Waals surface area (Å²) in [7, 11) is 0. The number of rotatable bonds is 49. The first-order chi connectivity index (χ1) is 34.0. The van der Waals surface area contributed by atoms with E-state index in [1.807, 2.05) is 0 Å². The molecule has 69 heavy (non-hydrogen) atoms. The lowest BCUT2D eigenvalue weighted by Gasteiger charge is -2.18. The van der Waals surface area contributed by atoms with Gasteiger partial charge in [0.15, 0.2) is 6.10 Å². The monoisotopic (exact) mass is 955 g/mol. The van der Waals surface area contributed by atoms with Crippen molar-refractivity contribution in [2.75, 3.05) is 13.2 Å². The van der Waals surface area contributed by atoms with Gasteiger partial charge in [0.05, 0.1) is 0 Å². The molecule has 0 amide bonds. The molecule has 0 saturated carbocycles. The number of ether oxygens (including phenoxy) is 3. The number of allylic oxidation sites excluding steroid dienone is 20. The van der Waals surface area contributed by atoms with Crippen LogP contribution in [0.2, 0.25) is 0 Å². The summed E-state index contributed by atoms with van der Waals surface area (Å²) in [5.74, 6) is -1.03. The van der Waals surface area contributed by atoms with Crippen LogP contribution in [0.4, 0.5) is 0 Å². The summed E-state index contributed by atoms with van der Waals surface area (Å²) in [5, 5.41) is 0. The zero-order valence-electron chi connectivity index (χ0n) is 44.5. The molecule has 0 aromatic rings. The van der Waals surface area contributed by atoms with Crippen molar-refractivity contribution < 1.29 is 28.6 Å². The Morgan fingerprint density at radius 1 is 0.290 bits per heavy atom. The van der Waals surface area contributed by atoms with Crippen LogP contribution >= 0.6 is 0 Å². The van der Waals surface area contributed by atoms with Gasteiger partial charge >= 0.3 is 17.9 Å². The standard InChI is InChI=1S/C63H102O6/c1-4-7-10-13-16-19-22-25-28-30-31-33-35-38-41-44-47-50-53-56-62(65)68-59-60(58-67-61(64)55-52-49-46-43-40-37-34-27-24-21-18-15-12-9-6-3)69-63(66)57-54-51-48-45-42-39-36-32-29-26-23-20-17-14-11-8-5-2/h16-21,25-29,31,33-34,36,39-40,43,45,48,60H,4-15,22-24,30,32,35,37-38,41-42,44,46-47,49-59H2,1-3H3/b19-16-,20-17-,21-18-,28-25-,29-26-,33-31-,34-27-,39-36-,43-40-,48-45-/t60-/m1/s1. The van der Waals surface area contributed by atoms with Gasteiger partial charge in [-0.2, -0.15) is 0 Å². The number of hydrogen-bond acceptors (Lipinski definition) is 6. The van der Waals surface area contributed by atoms with E-state index < -0.39 is 6.10 Å². The largest absolute Gasteiger partial charge is 0.462 e. The van der Waals surface area contributed by atoms with Crippen molar-refractivity contribution in [2.45, 2.75) is 245 Å². The second-order valence-electron chi connectivity index (χ2n) is 18.1. The molecular formula is C63H102O6. The van der Waals surface area contributed by atoms with Gasteiger partial charge in [0.1, 0.15) is 13.2 Å². The topological polar surface area (TPSA) is 78.9 Å². The average molecular weight is 956 g/mol. The van der Waals surface area contributed by atoms with Crippen LogP contribution in [0.25, 0.3) is 0 Å². The Morgan fingerprint density at radius 3 is 0.884 bits per heavy atom. The summed E-state index contributed by atoms with van der Waals surface area (Å²) in [6.07, 6.45) is 77.6. The highest BCUT2D eigenvalue weighted by Gasteiger charge is 2.19. The molecule has 0 bridgehead atoms. The summed E-state index contributed by atoms with van der Waals surface area (Å²) in [6, 6.07) is 0. The molecule has 0 N–H and O–H groups in total. The van der Waals surface area contributed by atoms with Crippen molar-refractivity contribution in [3.05, 3.63) is 122 Å². The fourth-order valence-corrected chi connectivity index (χ4v) is 7.15. The summed E-state index contributed by atoms with van der Waals surface area (Å²) >= 11 is 0. The van der Waals surface area contributed by atoms with E-state index >= 15 is 0 Å². The Kier molecular flexibility index (Phi) is 53.0. The van der Waals surface area contributed by atoms with Crippen molar-refractivity contribution in [1.82, 2.24) is 0 Å². The summed E-state index contributed by atoms with van der Waals surface area (Å²) in [6.45, 7) is 6.45. The number of carbonyl (C=O) groups excluding carboxylic acids is 3. The van der Waals surface area contributed by atoms with Gasteiger partial charge in [-0.25, -0.2) is 0 Å². The third-order valence-electron chi connectivity index (χ3n) is 11.4. The maximum absolute atomic E-state index is 12.8. The molecule has 0 aliphatic carbocycles. The zero-order chi connectivity index (χ0) is 50.0. The van der Waals surface area contributed by atoms with Crippen LogP contribution in [0, 0.1) is 0 Å². The molecule has 0 saturated heterocycles. The minimum atomic E-state index is -0.832. The average Bonchev–Trinajstić information content (AvgIpc) is 3.35. The molecule has 1 atom stereocenters. The fourth-order valence-electron chi connectivity index (χ4n) is 7.15. The maximum atomic E-state index is 12.8. The second kappa shape index (κ2) is 56.4. The van der Waals surface area contributed by atoms with Crippen molar-refractivity contribution >= 4 is 17.9 Å². The molecule has 6 heteroatoms. The van der Waals surface area contributed by atoms with Gasteiger partial charge in [0.25, 0.3) is 0 Å². The second-order valence-corrected chi connectivity index (χ2v) is 18.1. The van der Waals surface area contributed by atoms with E-state index in [9.17, 15) is 14.4 Å². The van der Waals surface area contributed by atoms with Crippen molar-refractivity contribution in [3.63, 3.8) is 0 Å². The predicted molar refractivity (Wildman–Crippen MR) is 297 cm³/mol. The Morgan fingerprint density at radius 2 is 0.536 bits per heavy atom. The molecule has 0 radical (unpaired) electrons. The molecular weight excluding hydrogens is 853 g/mol. The quantitative estimate of drug-likeness (QED) is 0.0262. The molecule has 0 rings (SSSR count). The number of unbranched alkanes of at least 4 members (excludes halogenated alkanes) is 18. The molecule has 0 aliphatic rings. The van der Waals surface area contributed by atoms with Crippen LogP contribution in [-0.4, -0.2) is 37.2 Å². The summed E-state index contributed by atoms with van der Waals surface area (Å²) < 4.78 is 16.8. The smallest absolute Gasteiger partial charge is 0.306 e. The van der Waals surface area contributed by atoms with Gasteiger partial charge in [-0.05, 0) is 135 Å². The maximum Gasteiger partial charge on any atom is 0.306 e. The van der Waals surface area contributed by atoms with Crippen LogP contribution < -0.4 is 0 Å². The minimum absolute atomic E-state index is 0.122. The molecule has 0 aromatic carbocycles. The number of carbonyl (C=O) groups is 3. The number of hydrogen-bond donors (Lipinski definition) is 0. The first kappa shape index (κ1) is 64.8. The molecule has 0 unspecified atom stereocenters. The SMILES string of the molecule is CCCCC/C=C\C/C=C\C/C=C\C/C=C\CCCC(=O)O[C@H](COC(=O)CCCC/C=C\C/C=C\C/C=C\CCCCC)COC(=O)CCCCCCCC/C=C\C/C=C\C/C=C\CCCCC. The van der Waals surface area contributed by atoms with Crippen LogP contribution in [-0.2, 0) is 28.6 Å². The number of esters is 3. The van der Waals surface area contributed by atoms with E-state index in [0.29, 0.717) is 25.7 Å². The lowest BCUT2D eigenvalue weighted by atomic mass is 10.1. The van der Waals surface area contributed by atoms with Gasteiger partial charge < -0.3 is 14.2 Å². The van der Waals surface area contributed by atoms with Crippen LogP contribution in [0.1, 0.15) is 239 Å². The summed E-state index contributed by atoms with van der Waals surface area (Å²) in [5.41, 5.74) is 0. The lowest BCUT2D eigenvalue weighted by molar-refractivity contribution is -0.167. The van der Waals surface area contributed by atoms with E-state index in [1.165, 1.54) is 89.9 Å². The van der Waals surface area contributed by atoms with E-state index in [1.54, 1.807) is 0 Å². The normalized spacial score (nSPS) is 13.0. The molecule has 390 valence electrons. The van der Waals surface area contributed by atoms with Gasteiger partial charge in [-0.3, -0.25) is 14.4 Å². The fraction of sp³-hybridized carbons (Fsp3) is 0.635. The highest BCUT2D eigenvalue weighted by molar-refractivity contribution is 5.71. The Labute approximate surface area is 424 Å². The van der Waals surface area contributed by atoms with Crippen molar-refractivity contribution in [2.24, 2.45) is 0 Å². The molecule has 0 spiro atoms. The van der Waals surface area contributed by atoms with E-state index in [4.69, 9.17) is 14.2 Å². The highest BCUT2D eigenvalue weighted by Crippen LogP contribution is 2.12. The predicted octanol–water partition coefficient (Wildman–Crippen LogP) is 18.9. The van der Waals surface area contributed by atoms with Gasteiger partial charge in [-0.1, -0.05) is 206 Å². The van der Waals surface area contributed by atoms with Gasteiger partial charge in [-0.15, -0.1) is 0 Å². The molecule has 0 aromatic heterocycles. The molecule has 0 aliphatic heterocycles. The molecule has 0 heterocycles.